The number of esters is 1. The lowest BCUT2D eigenvalue weighted by Gasteiger charge is -2.10. The molecule has 0 radical (unpaired) electrons. The fraction of sp³-hybridized carbons (Fsp3) is 0.160. The second-order valence-corrected chi connectivity index (χ2v) is 8.43. The zero-order valence-electron chi connectivity index (χ0n) is 18.8. The zero-order valence-corrected chi connectivity index (χ0v) is 19.6. The van der Waals surface area contributed by atoms with Crippen molar-refractivity contribution in [3.63, 3.8) is 0 Å². The molecular weight excluding hydrogens is 466 g/mol. The van der Waals surface area contributed by atoms with Crippen LogP contribution in [0, 0.1) is 18.3 Å². The SMILES string of the molecule is Cc1ccc(OCc2nc(CC(=O)OCC(=O)Nc3c(C#N)cnn3-c3ccccc3)cs2)cc1. The number of rotatable bonds is 9. The molecule has 10 heteroatoms. The Hall–Kier alpha value is -4.49. The molecule has 0 aliphatic rings. The highest BCUT2D eigenvalue weighted by molar-refractivity contribution is 7.09. The van der Waals surface area contributed by atoms with Gasteiger partial charge in [-0.3, -0.25) is 9.59 Å². The lowest BCUT2D eigenvalue weighted by molar-refractivity contribution is -0.146. The molecule has 2 heterocycles. The first-order valence-electron chi connectivity index (χ1n) is 10.6. The Morgan fingerprint density at radius 2 is 1.91 bits per heavy atom. The van der Waals surface area contributed by atoms with Crippen LogP contribution in [0.1, 0.15) is 21.8 Å². The van der Waals surface area contributed by atoms with Crippen LogP contribution in [-0.2, 0) is 27.4 Å². The predicted molar refractivity (Wildman–Crippen MR) is 129 cm³/mol. The van der Waals surface area contributed by atoms with Crippen molar-refractivity contribution in [1.29, 1.82) is 5.26 Å². The van der Waals surface area contributed by atoms with Crippen molar-refractivity contribution in [1.82, 2.24) is 14.8 Å². The van der Waals surface area contributed by atoms with E-state index in [2.05, 4.69) is 15.4 Å². The van der Waals surface area contributed by atoms with Gasteiger partial charge in [-0.15, -0.1) is 11.3 Å². The summed E-state index contributed by atoms with van der Waals surface area (Å²) in [6, 6.07) is 18.7. The third kappa shape index (κ3) is 6.31. The van der Waals surface area contributed by atoms with Crippen molar-refractivity contribution in [2.24, 2.45) is 0 Å². The first-order chi connectivity index (χ1) is 17.0. The van der Waals surface area contributed by atoms with E-state index >= 15 is 0 Å². The van der Waals surface area contributed by atoms with Gasteiger partial charge in [0, 0.05) is 5.38 Å². The van der Waals surface area contributed by atoms with Crippen molar-refractivity contribution in [2.75, 3.05) is 11.9 Å². The van der Waals surface area contributed by atoms with Crippen LogP contribution in [0.2, 0.25) is 0 Å². The van der Waals surface area contributed by atoms with Crippen LogP contribution in [0.5, 0.6) is 5.75 Å². The Kier molecular flexibility index (Phi) is 7.50. The van der Waals surface area contributed by atoms with Gasteiger partial charge in [0.15, 0.2) is 12.4 Å². The number of benzene rings is 2. The number of nitriles is 1. The van der Waals surface area contributed by atoms with Gasteiger partial charge in [0.05, 0.1) is 24.0 Å². The van der Waals surface area contributed by atoms with Crippen molar-refractivity contribution in [2.45, 2.75) is 20.0 Å². The van der Waals surface area contributed by atoms with E-state index in [-0.39, 0.29) is 17.8 Å². The Morgan fingerprint density at radius 3 is 2.66 bits per heavy atom. The molecule has 2 aromatic carbocycles. The maximum Gasteiger partial charge on any atom is 0.312 e. The van der Waals surface area contributed by atoms with E-state index in [0.717, 1.165) is 16.3 Å². The number of amides is 1. The molecule has 0 fully saturated rings. The van der Waals surface area contributed by atoms with Crippen molar-refractivity contribution in [3.05, 3.63) is 88.0 Å². The van der Waals surface area contributed by atoms with Crippen LogP contribution in [-0.4, -0.2) is 33.2 Å². The van der Waals surface area contributed by atoms with Gasteiger partial charge in [-0.1, -0.05) is 35.9 Å². The summed E-state index contributed by atoms with van der Waals surface area (Å²) >= 11 is 1.38. The van der Waals surface area contributed by atoms with E-state index in [9.17, 15) is 14.9 Å². The summed E-state index contributed by atoms with van der Waals surface area (Å²) < 4.78 is 12.2. The average molecular weight is 488 g/mol. The Morgan fingerprint density at radius 1 is 1.14 bits per heavy atom. The minimum Gasteiger partial charge on any atom is -0.486 e. The fourth-order valence-corrected chi connectivity index (χ4v) is 3.81. The number of hydrogen-bond donors (Lipinski definition) is 1. The minimum atomic E-state index is -0.589. The molecule has 1 amide bonds. The minimum absolute atomic E-state index is 0.0697. The molecule has 0 atom stereocenters. The standard InChI is InChI=1S/C25H21N5O4S/c1-17-7-9-21(10-8-17)33-15-23-28-19(16-35-23)11-24(32)34-14-22(31)29-25-18(12-26)13-27-30(25)20-5-3-2-4-6-20/h2-10,13,16H,11,14-15H2,1H3,(H,29,31). The third-order valence-corrected chi connectivity index (χ3v) is 5.69. The number of para-hydroxylation sites is 1. The van der Waals surface area contributed by atoms with Gasteiger partial charge < -0.3 is 14.8 Å². The van der Waals surface area contributed by atoms with Crippen molar-refractivity contribution < 1.29 is 19.1 Å². The normalized spacial score (nSPS) is 10.4. The average Bonchev–Trinajstić information content (AvgIpc) is 3.49. The summed E-state index contributed by atoms with van der Waals surface area (Å²) in [6.45, 7) is 1.79. The highest BCUT2D eigenvalue weighted by Gasteiger charge is 2.17. The second-order valence-electron chi connectivity index (χ2n) is 7.49. The van der Waals surface area contributed by atoms with E-state index in [1.807, 2.05) is 55.5 Å². The summed E-state index contributed by atoms with van der Waals surface area (Å²) in [4.78, 5) is 29.0. The zero-order chi connectivity index (χ0) is 24.6. The summed E-state index contributed by atoms with van der Waals surface area (Å²) in [7, 11) is 0. The molecular formula is C25H21N5O4S. The van der Waals surface area contributed by atoms with Gasteiger partial charge in [-0.05, 0) is 31.2 Å². The number of anilines is 1. The summed E-state index contributed by atoms with van der Waals surface area (Å²) in [5.74, 6) is -0.227. The predicted octanol–water partition coefficient (Wildman–Crippen LogP) is 3.81. The number of aryl methyl sites for hydroxylation is 1. The topological polar surface area (TPSA) is 119 Å². The maximum atomic E-state index is 12.4. The van der Waals surface area contributed by atoms with E-state index in [1.165, 1.54) is 22.2 Å². The molecule has 2 aromatic heterocycles. The highest BCUT2D eigenvalue weighted by atomic mass is 32.1. The van der Waals surface area contributed by atoms with Gasteiger partial charge in [0.2, 0.25) is 0 Å². The number of carbonyl (C=O) groups excluding carboxylic acids is 2. The van der Waals surface area contributed by atoms with E-state index in [4.69, 9.17) is 9.47 Å². The number of nitrogens with one attached hydrogen (secondary N) is 1. The first-order valence-corrected chi connectivity index (χ1v) is 11.5. The Labute approximate surface area is 205 Å². The molecule has 9 nitrogen and oxygen atoms in total. The molecule has 0 saturated carbocycles. The molecule has 1 N–H and O–H groups in total. The van der Waals surface area contributed by atoms with Crippen molar-refractivity contribution >= 4 is 29.0 Å². The van der Waals surface area contributed by atoms with Crippen LogP contribution >= 0.6 is 11.3 Å². The van der Waals surface area contributed by atoms with Crippen LogP contribution in [0.4, 0.5) is 5.82 Å². The molecule has 0 saturated heterocycles. The van der Waals surface area contributed by atoms with E-state index in [0.29, 0.717) is 18.0 Å². The molecule has 176 valence electrons. The van der Waals surface area contributed by atoms with Gasteiger partial charge in [0.25, 0.3) is 5.91 Å². The molecule has 4 rings (SSSR count). The lowest BCUT2D eigenvalue weighted by Crippen LogP contribution is -2.23. The van der Waals surface area contributed by atoms with Gasteiger partial charge in [-0.2, -0.15) is 10.4 Å². The quantitative estimate of drug-likeness (QED) is 0.357. The number of nitrogens with zero attached hydrogens (tertiary/aromatic N) is 4. The molecule has 4 aromatic rings. The van der Waals surface area contributed by atoms with Crippen LogP contribution in [0.25, 0.3) is 5.69 Å². The smallest absolute Gasteiger partial charge is 0.312 e. The van der Waals surface area contributed by atoms with Crippen LogP contribution in [0.3, 0.4) is 0 Å². The van der Waals surface area contributed by atoms with Crippen LogP contribution < -0.4 is 10.1 Å². The van der Waals surface area contributed by atoms with E-state index in [1.54, 1.807) is 17.5 Å². The van der Waals surface area contributed by atoms with Gasteiger partial charge >= 0.3 is 5.97 Å². The molecule has 0 aliphatic carbocycles. The fourth-order valence-electron chi connectivity index (χ4n) is 3.10. The molecule has 35 heavy (non-hydrogen) atoms. The third-order valence-electron chi connectivity index (χ3n) is 4.82. The largest absolute Gasteiger partial charge is 0.486 e. The number of carbonyl (C=O) groups is 2. The number of hydrogen-bond acceptors (Lipinski definition) is 8. The summed E-state index contributed by atoms with van der Waals surface area (Å²) in [5.41, 5.74) is 2.55. The highest BCUT2D eigenvalue weighted by Crippen LogP contribution is 2.20. The Balaban J connectivity index is 1.27. The van der Waals surface area contributed by atoms with Gasteiger partial charge in [-0.25, -0.2) is 9.67 Å². The van der Waals surface area contributed by atoms with E-state index < -0.39 is 18.5 Å². The Bertz CT molecular complexity index is 1360. The maximum absolute atomic E-state index is 12.4. The second kappa shape index (κ2) is 11.1. The number of aromatic nitrogens is 3. The molecule has 0 bridgehead atoms. The lowest BCUT2D eigenvalue weighted by atomic mass is 10.2. The first kappa shape index (κ1) is 23.7. The molecule has 0 unspecified atom stereocenters. The van der Waals surface area contributed by atoms with Crippen molar-refractivity contribution in [3.8, 4) is 17.5 Å². The molecule has 0 spiro atoms. The molecule has 0 aliphatic heterocycles. The summed E-state index contributed by atoms with van der Waals surface area (Å²) in [5, 5.41) is 18.6. The summed E-state index contributed by atoms with van der Waals surface area (Å²) in [6.07, 6.45) is 1.29. The monoisotopic (exact) mass is 487 g/mol. The number of thiazole rings is 1. The number of ether oxygens (including phenoxy) is 2. The van der Waals surface area contributed by atoms with Gasteiger partial charge in [0.1, 0.15) is 29.0 Å². The van der Waals surface area contributed by atoms with Crippen LogP contribution in [0.15, 0.2) is 66.2 Å².